The minimum Gasteiger partial charge on any atom is -0.385 e. The van der Waals surface area contributed by atoms with E-state index in [9.17, 15) is 0 Å². The van der Waals surface area contributed by atoms with E-state index in [1.807, 2.05) is 7.05 Å². The van der Waals surface area contributed by atoms with Gasteiger partial charge in [-0.05, 0) is 25.2 Å². The number of rotatable bonds is 9. The fraction of sp³-hybridized carbons (Fsp3) is 0.923. The van der Waals surface area contributed by atoms with E-state index in [0.29, 0.717) is 0 Å². The van der Waals surface area contributed by atoms with Crippen LogP contribution >= 0.6 is 24.0 Å². The van der Waals surface area contributed by atoms with Crippen LogP contribution in [-0.2, 0) is 9.47 Å². The van der Waals surface area contributed by atoms with E-state index in [1.54, 1.807) is 14.2 Å². The number of nitrogens with one attached hydrogen (secondary N) is 1. The van der Waals surface area contributed by atoms with Gasteiger partial charge < -0.3 is 19.7 Å². The SMILES string of the molecule is CN=C(NCCCOC)N(C)CCOCC1CC1.I. The van der Waals surface area contributed by atoms with Crippen molar-refractivity contribution in [3.8, 4) is 0 Å². The van der Waals surface area contributed by atoms with Gasteiger partial charge in [0.2, 0.25) is 0 Å². The monoisotopic (exact) mass is 385 g/mol. The van der Waals surface area contributed by atoms with Gasteiger partial charge in [0.1, 0.15) is 0 Å². The van der Waals surface area contributed by atoms with Crippen LogP contribution in [-0.4, -0.2) is 65.0 Å². The predicted molar refractivity (Wildman–Crippen MR) is 89.4 cm³/mol. The van der Waals surface area contributed by atoms with Crippen molar-refractivity contribution in [2.45, 2.75) is 19.3 Å². The number of likely N-dealkylation sites (N-methyl/N-ethyl adjacent to an activating group) is 1. The predicted octanol–water partition coefficient (Wildman–Crippen LogP) is 1.57. The molecule has 0 aromatic carbocycles. The second kappa shape index (κ2) is 11.7. The summed E-state index contributed by atoms with van der Waals surface area (Å²) in [6.07, 6.45) is 3.68. The van der Waals surface area contributed by atoms with Crippen molar-refractivity contribution in [2.75, 3.05) is 54.1 Å². The van der Waals surface area contributed by atoms with E-state index >= 15 is 0 Å². The molecular formula is C13H28IN3O2. The molecule has 1 N–H and O–H groups in total. The lowest BCUT2D eigenvalue weighted by atomic mass is 10.4. The highest BCUT2D eigenvalue weighted by Gasteiger charge is 2.21. The molecule has 0 unspecified atom stereocenters. The first-order chi connectivity index (χ1) is 8.77. The molecule has 6 heteroatoms. The maximum absolute atomic E-state index is 5.62. The lowest BCUT2D eigenvalue weighted by Crippen LogP contribution is -2.41. The Morgan fingerprint density at radius 1 is 1.37 bits per heavy atom. The fourth-order valence-corrected chi connectivity index (χ4v) is 1.64. The molecule has 114 valence electrons. The molecule has 0 aliphatic heterocycles. The zero-order valence-corrected chi connectivity index (χ0v) is 14.7. The number of hydrogen-bond acceptors (Lipinski definition) is 3. The third kappa shape index (κ3) is 9.45. The second-order valence-corrected chi connectivity index (χ2v) is 4.76. The summed E-state index contributed by atoms with van der Waals surface area (Å²) in [7, 11) is 5.56. The summed E-state index contributed by atoms with van der Waals surface area (Å²) in [6, 6.07) is 0. The number of methoxy groups -OCH3 is 1. The minimum absolute atomic E-state index is 0. The van der Waals surface area contributed by atoms with Crippen molar-refractivity contribution in [3.63, 3.8) is 0 Å². The van der Waals surface area contributed by atoms with Gasteiger partial charge in [-0.1, -0.05) is 0 Å². The zero-order chi connectivity index (χ0) is 13.2. The Hall–Kier alpha value is -0.0800. The molecule has 1 fully saturated rings. The average molecular weight is 385 g/mol. The molecule has 0 aromatic rings. The van der Waals surface area contributed by atoms with E-state index in [2.05, 4.69) is 15.2 Å². The molecule has 1 aliphatic carbocycles. The van der Waals surface area contributed by atoms with Crippen LogP contribution in [0.4, 0.5) is 0 Å². The molecular weight excluding hydrogens is 357 g/mol. The van der Waals surface area contributed by atoms with Crippen molar-refractivity contribution >= 4 is 29.9 Å². The van der Waals surface area contributed by atoms with Crippen molar-refractivity contribution in [3.05, 3.63) is 0 Å². The van der Waals surface area contributed by atoms with Crippen LogP contribution in [0.2, 0.25) is 0 Å². The molecule has 0 bridgehead atoms. The van der Waals surface area contributed by atoms with Crippen LogP contribution in [0.1, 0.15) is 19.3 Å². The minimum atomic E-state index is 0. The molecule has 0 spiro atoms. The Balaban J connectivity index is 0.00000324. The second-order valence-electron chi connectivity index (χ2n) is 4.76. The van der Waals surface area contributed by atoms with Gasteiger partial charge in [-0.3, -0.25) is 4.99 Å². The van der Waals surface area contributed by atoms with Crippen LogP contribution in [0.3, 0.4) is 0 Å². The van der Waals surface area contributed by atoms with E-state index in [-0.39, 0.29) is 24.0 Å². The third-order valence-electron chi connectivity index (χ3n) is 3.00. The Bertz CT molecular complexity index is 248. The molecule has 5 nitrogen and oxygen atoms in total. The van der Waals surface area contributed by atoms with Gasteiger partial charge in [0.15, 0.2) is 5.96 Å². The van der Waals surface area contributed by atoms with Crippen molar-refractivity contribution in [1.82, 2.24) is 10.2 Å². The summed E-state index contributed by atoms with van der Waals surface area (Å²) in [5.41, 5.74) is 0. The average Bonchev–Trinajstić information content (AvgIpc) is 3.18. The lowest BCUT2D eigenvalue weighted by Gasteiger charge is -2.22. The van der Waals surface area contributed by atoms with Crippen LogP contribution < -0.4 is 5.32 Å². The first kappa shape index (κ1) is 18.9. The summed E-state index contributed by atoms with van der Waals surface area (Å²) >= 11 is 0. The topological polar surface area (TPSA) is 46.1 Å². The van der Waals surface area contributed by atoms with Crippen molar-refractivity contribution in [1.29, 1.82) is 0 Å². The molecule has 0 aromatic heterocycles. The molecule has 1 rings (SSSR count). The highest BCUT2D eigenvalue weighted by molar-refractivity contribution is 14.0. The molecule has 1 aliphatic rings. The van der Waals surface area contributed by atoms with Gasteiger partial charge in [-0.15, -0.1) is 24.0 Å². The van der Waals surface area contributed by atoms with E-state index in [0.717, 1.165) is 51.2 Å². The summed E-state index contributed by atoms with van der Waals surface area (Å²) in [6.45, 7) is 4.22. The van der Waals surface area contributed by atoms with Gasteiger partial charge in [0.25, 0.3) is 0 Å². The molecule has 0 atom stereocenters. The van der Waals surface area contributed by atoms with Gasteiger partial charge in [-0.25, -0.2) is 0 Å². The van der Waals surface area contributed by atoms with Crippen LogP contribution in [0.5, 0.6) is 0 Å². The quantitative estimate of drug-likeness (QED) is 0.283. The first-order valence-corrected chi connectivity index (χ1v) is 6.76. The van der Waals surface area contributed by atoms with Gasteiger partial charge >= 0.3 is 0 Å². The highest BCUT2D eigenvalue weighted by Crippen LogP contribution is 2.28. The largest absolute Gasteiger partial charge is 0.385 e. The first-order valence-electron chi connectivity index (χ1n) is 6.76. The molecule has 0 amide bonds. The number of ether oxygens (including phenoxy) is 2. The molecule has 1 saturated carbocycles. The number of nitrogens with zero attached hydrogens (tertiary/aromatic N) is 2. The van der Waals surface area contributed by atoms with Gasteiger partial charge in [0, 0.05) is 47.5 Å². The highest BCUT2D eigenvalue weighted by atomic mass is 127. The molecule has 0 saturated heterocycles. The molecule has 0 heterocycles. The van der Waals surface area contributed by atoms with Crippen LogP contribution in [0, 0.1) is 5.92 Å². The van der Waals surface area contributed by atoms with Gasteiger partial charge in [0.05, 0.1) is 6.61 Å². The van der Waals surface area contributed by atoms with E-state index in [4.69, 9.17) is 9.47 Å². The Kier molecular flexibility index (Phi) is 11.7. The maximum Gasteiger partial charge on any atom is 0.193 e. The normalized spacial score (nSPS) is 15.0. The maximum atomic E-state index is 5.62. The zero-order valence-electron chi connectivity index (χ0n) is 12.4. The van der Waals surface area contributed by atoms with Crippen LogP contribution in [0.25, 0.3) is 0 Å². The summed E-state index contributed by atoms with van der Waals surface area (Å²) in [5.74, 6) is 1.75. The Labute approximate surface area is 134 Å². The smallest absolute Gasteiger partial charge is 0.193 e. The molecule has 19 heavy (non-hydrogen) atoms. The number of guanidine groups is 1. The Morgan fingerprint density at radius 3 is 2.68 bits per heavy atom. The van der Waals surface area contributed by atoms with Crippen LogP contribution in [0.15, 0.2) is 4.99 Å². The van der Waals surface area contributed by atoms with E-state index < -0.39 is 0 Å². The van der Waals surface area contributed by atoms with E-state index in [1.165, 1.54) is 12.8 Å². The number of hydrogen-bond donors (Lipinski definition) is 1. The summed E-state index contributed by atoms with van der Waals surface area (Å²) < 4.78 is 10.6. The molecule has 0 radical (unpaired) electrons. The van der Waals surface area contributed by atoms with Gasteiger partial charge in [-0.2, -0.15) is 0 Å². The van der Waals surface area contributed by atoms with Crippen molar-refractivity contribution in [2.24, 2.45) is 10.9 Å². The summed E-state index contributed by atoms with van der Waals surface area (Å²) in [5, 5.41) is 3.31. The standard InChI is InChI=1S/C13H27N3O2.HI/c1-14-13(15-7-4-9-17-3)16(2)8-10-18-11-12-5-6-12;/h12H,4-11H2,1-3H3,(H,14,15);1H. The Morgan fingerprint density at radius 2 is 2.11 bits per heavy atom. The number of aliphatic imine (C=N–C) groups is 1. The summed E-state index contributed by atoms with van der Waals surface area (Å²) in [4.78, 5) is 6.34. The number of halogens is 1. The fourth-order valence-electron chi connectivity index (χ4n) is 1.64. The van der Waals surface area contributed by atoms with Crippen molar-refractivity contribution < 1.29 is 9.47 Å². The third-order valence-corrected chi connectivity index (χ3v) is 3.00. The lowest BCUT2D eigenvalue weighted by molar-refractivity contribution is 0.115.